The Hall–Kier alpha value is -1.92. The van der Waals surface area contributed by atoms with Gasteiger partial charge in [0.05, 0.1) is 13.2 Å². The van der Waals surface area contributed by atoms with E-state index in [1.54, 1.807) is 0 Å². The molecule has 0 saturated carbocycles. The maximum Gasteiger partial charge on any atom is 0.122 e. The zero-order valence-electron chi connectivity index (χ0n) is 18.6. The van der Waals surface area contributed by atoms with Crippen molar-refractivity contribution in [3.05, 3.63) is 64.7 Å². The van der Waals surface area contributed by atoms with Crippen LogP contribution in [0.3, 0.4) is 0 Å². The maximum atomic E-state index is 10.7. The van der Waals surface area contributed by atoms with Crippen LogP contribution in [0.4, 0.5) is 0 Å². The number of benzene rings is 2. The van der Waals surface area contributed by atoms with E-state index in [2.05, 4.69) is 41.8 Å². The number of nitrogens with zero attached hydrogens (tertiary/aromatic N) is 2. The van der Waals surface area contributed by atoms with E-state index >= 15 is 0 Å². The lowest BCUT2D eigenvalue weighted by molar-refractivity contribution is 0.0255. The minimum Gasteiger partial charge on any atom is -0.491 e. The van der Waals surface area contributed by atoms with Gasteiger partial charge in [0, 0.05) is 39.3 Å². The van der Waals surface area contributed by atoms with Gasteiger partial charge in [-0.05, 0) is 43.5 Å². The summed E-state index contributed by atoms with van der Waals surface area (Å²) in [6, 6.07) is 14.5. The largest absolute Gasteiger partial charge is 0.491 e. The highest BCUT2D eigenvalue weighted by Gasteiger charge is 2.17. The zero-order valence-corrected chi connectivity index (χ0v) is 18.6. The van der Waals surface area contributed by atoms with Gasteiger partial charge in [-0.1, -0.05) is 42.0 Å². The molecular weight excluding hydrogens is 376 g/mol. The number of ether oxygens (including phenoxy) is 2. The van der Waals surface area contributed by atoms with Gasteiger partial charge >= 0.3 is 0 Å². The van der Waals surface area contributed by atoms with Crippen LogP contribution in [-0.4, -0.2) is 73.6 Å². The molecule has 2 aromatic carbocycles. The van der Waals surface area contributed by atoms with E-state index < -0.39 is 6.10 Å². The molecule has 1 saturated heterocycles. The van der Waals surface area contributed by atoms with Crippen molar-refractivity contribution < 1.29 is 14.6 Å². The molecule has 0 spiro atoms. The third kappa shape index (κ3) is 7.10. The molecule has 5 nitrogen and oxygen atoms in total. The Labute approximate surface area is 181 Å². The summed E-state index contributed by atoms with van der Waals surface area (Å²) in [5.74, 6) is 0.839. The summed E-state index contributed by atoms with van der Waals surface area (Å²) in [7, 11) is 0. The number of hydrogen-bond acceptors (Lipinski definition) is 5. The summed E-state index contributed by atoms with van der Waals surface area (Å²) in [5.41, 5.74) is 4.98. The molecule has 0 aromatic heterocycles. The van der Waals surface area contributed by atoms with Crippen molar-refractivity contribution in [3.8, 4) is 5.75 Å². The molecule has 0 unspecified atom stereocenters. The SMILES string of the molecule is Cc1ccc(CN(CCN2CCOCC2)C[C@H](O)COc2ccccc2C)c(C)c1. The Balaban J connectivity index is 1.59. The molecular formula is C25H36N2O3. The Morgan fingerprint density at radius 3 is 2.57 bits per heavy atom. The van der Waals surface area contributed by atoms with Gasteiger partial charge in [0.1, 0.15) is 18.5 Å². The van der Waals surface area contributed by atoms with Gasteiger partial charge in [0.25, 0.3) is 0 Å². The van der Waals surface area contributed by atoms with Crippen LogP contribution in [0.1, 0.15) is 22.3 Å². The van der Waals surface area contributed by atoms with Gasteiger partial charge in [-0.2, -0.15) is 0 Å². The van der Waals surface area contributed by atoms with Gasteiger partial charge in [-0.25, -0.2) is 0 Å². The minimum atomic E-state index is -0.542. The van der Waals surface area contributed by atoms with Gasteiger partial charge in [0.2, 0.25) is 0 Å². The van der Waals surface area contributed by atoms with Gasteiger partial charge in [-0.15, -0.1) is 0 Å². The molecule has 30 heavy (non-hydrogen) atoms. The minimum absolute atomic E-state index is 0.297. The van der Waals surface area contributed by atoms with Crippen molar-refractivity contribution in [2.75, 3.05) is 52.5 Å². The van der Waals surface area contributed by atoms with Gasteiger partial charge in [-0.3, -0.25) is 9.80 Å². The van der Waals surface area contributed by atoms with Crippen LogP contribution < -0.4 is 4.74 Å². The average Bonchev–Trinajstić information content (AvgIpc) is 2.74. The molecule has 0 aliphatic carbocycles. The Kier molecular flexibility index (Phi) is 8.70. The average molecular weight is 413 g/mol. The van der Waals surface area contributed by atoms with Crippen LogP contribution in [0.15, 0.2) is 42.5 Å². The normalized spacial score (nSPS) is 16.0. The quantitative estimate of drug-likeness (QED) is 0.649. The zero-order chi connectivity index (χ0) is 21.3. The standard InChI is InChI=1S/C25H36N2O3/c1-20-8-9-23(22(3)16-20)17-27(11-10-26-12-14-29-15-13-26)18-24(28)19-30-25-7-5-4-6-21(25)2/h4-9,16,24,28H,10-15,17-19H2,1-3H3/t24-/m0/s1. The number of morpholine rings is 1. The number of hydrogen-bond donors (Lipinski definition) is 1. The first-order valence-electron chi connectivity index (χ1n) is 11.0. The van der Waals surface area contributed by atoms with Crippen LogP contribution in [-0.2, 0) is 11.3 Å². The number of aliphatic hydroxyl groups is 1. The fourth-order valence-electron chi connectivity index (χ4n) is 3.86. The van der Waals surface area contributed by atoms with E-state index in [-0.39, 0.29) is 0 Å². The van der Waals surface area contributed by atoms with E-state index in [0.29, 0.717) is 13.2 Å². The molecule has 1 N–H and O–H groups in total. The third-order valence-electron chi connectivity index (χ3n) is 5.72. The van der Waals surface area contributed by atoms with E-state index in [1.807, 2.05) is 31.2 Å². The monoisotopic (exact) mass is 412 g/mol. The lowest BCUT2D eigenvalue weighted by Gasteiger charge is -2.31. The first-order chi connectivity index (χ1) is 14.5. The summed E-state index contributed by atoms with van der Waals surface area (Å²) < 4.78 is 11.3. The fourth-order valence-corrected chi connectivity index (χ4v) is 3.86. The van der Waals surface area contributed by atoms with Gasteiger partial charge in [0.15, 0.2) is 0 Å². The first kappa shape index (κ1) is 22.8. The predicted octanol–water partition coefficient (Wildman–Crippen LogP) is 3.19. The van der Waals surface area contributed by atoms with E-state index in [0.717, 1.165) is 57.3 Å². The Bertz CT molecular complexity index is 790. The highest BCUT2D eigenvalue weighted by molar-refractivity contribution is 5.32. The van der Waals surface area contributed by atoms with Crippen molar-refractivity contribution in [1.29, 1.82) is 0 Å². The molecule has 1 aliphatic heterocycles. The van der Waals surface area contributed by atoms with Crippen LogP contribution in [0, 0.1) is 20.8 Å². The van der Waals surface area contributed by atoms with E-state index in [9.17, 15) is 5.11 Å². The highest BCUT2D eigenvalue weighted by Crippen LogP contribution is 2.17. The molecule has 1 aliphatic rings. The van der Waals surface area contributed by atoms with Crippen LogP contribution >= 0.6 is 0 Å². The molecule has 0 amide bonds. The third-order valence-corrected chi connectivity index (χ3v) is 5.72. The number of rotatable bonds is 10. The Morgan fingerprint density at radius 2 is 1.83 bits per heavy atom. The molecule has 3 rings (SSSR count). The van der Waals surface area contributed by atoms with Crippen LogP contribution in [0.2, 0.25) is 0 Å². The van der Waals surface area contributed by atoms with Crippen LogP contribution in [0.25, 0.3) is 0 Å². The second-order valence-electron chi connectivity index (χ2n) is 8.35. The second-order valence-corrected chi connectivity index (χ2v) is 8.35. The van der Waals surface area contributed by atoms with Crippen molar-refractivity contribution in [3.63, 3.8) is 0 Å². The molecule has 5 heteroatoms. The highest BCUT2D eigenvalue weighted by atomic mass is 16.5. The number of aliphatic hydroxyl groups excluding tert-OH is 1. The van der Waals surface area contributed by atoms with E-state index in [1.165, 1.54) is 16.7 Å². The summed E-state index contributed by atoms with van der Waals surface area (Å²) in [6.45, 7) is 13.5. The molecule has 0 radical (unpaired) electrons. The fraction of sp³-hybridized carbons (Fsp3) is 0.520. The maximum absolute atomic E-state index is 10.7. The molecule has 1 atom stereocenters. The van der Waals surface area contributed by atoms with Crippen molar-refractivity contribution >= 4 is 0 Å². The predicted molar refractivity (Wildman–Crippen MR) is 121 cm³/mol. The molecule has 1 heterocycles. The number of para-hydroxylation sites is 1. The van der Waals surface area contributed by atoms with Gasteiger partial charge < -0.3 is 14.6 Å². The lowest BCUT2D eigenvalue weighted by atomic mass is 10.1. The van der Waals surface area contributed by atoms with Crippen molar-refractivity contribution in [1.82, 2.24) is 9.80 Å². The van der Waals surface area contributed by atoms with Crippen molar-refractivity contribution in [2.45, 2.75) is 33.4 Å². The summed E-state index contributed by atoms with van der Waals surface area (Å²) in [4.78, 5) is 4.79. The molecule has 1 fully saturated rings. The smallest absolute Gasteiger partial charge is 0.122 e. The second kappa shape index (κ2) is 11.5. The molecule has 2 aromatic rings. The summed E-state index contributed by atoms with van der Waals surface area (Å²) in [5, 5.41) is 10.7. The molecule has 164 valence electrons. The first-order valence-corrected chi connectivity index (χ1v) is 11.0. The lowest BCUT2D eigenvalue weighted by Crippen LogP contribution is -2.43. The van der Waals surface area contributed by atoms with Crippen LogP contribution in [0.5, 0.6) is 5.75 Å². The topological polar surface area (TPSA) is 45.2 Å². The Morgan fingerprint density at radius 1 is 1.07 bits per heavy atom. The molecule has 0 bridgehead atoms. The van der Waals surface area contributed by atoms with E-state index in [4.69, 9.17) is 9.47 Å². The van der Waals surface area contributed by atoms with Crippen molar-refractivity contribution in [2.24, 2.45) is 0 Å². The summed E-state index contributed by atoms with van der Waals surface area (Å²) >= 11 is 0. The summed E-state index contributed by atoms with van der Waals surface area (Å²) in [6.07, 6.45) is -0.542. The number of aryl methyl sites for hydroxylation is 3.